The van der Waals surface area contributed by atoms with Crippen LogP contribution in [0.15, 0.2) is 55.0 Å². The summed E-state index contributed by atoms with van der Waals surface area (Å²) in [4.78, 5) is 15.6. The highest BCUT2D eigenvalue weighted by Gasteiger charge is 2.66. The van der Waals surface area contributed by atoms with Crippen LogP contribution in [0.4, 0.5) is 19.0 Å². The summed E-state index contributed by atoms with van der Waals surface area (Å²) in [6.07, 6.45) is 3.73. The van der Waals surface area contributed by atoms with E-state index < -0.39 is 6.55 Å². The van der Waals surface area contributed by atoms with Gasteiger partial charge in [0.05, 0.1) is 17.2 Å². The Morgan fingerprint density at radius 3 is 2.81 bits per heavy atom. The molecule has 188 valence electrons. The average molecular weight is 505 g/mol. The number of hydrogen-bond acceptors (Lipinski definition) is 6. The molecule has 1 saturated carbocycles. The van der Waals surface area contributed by atoms with Crippen LogP contribution in [-0.2, 0) is 5.41 Å². The minimum Gasteiger partial charge on any atom is -0.355 e. The van der Waals surface area contributed by atoms with E-state index in [4.69, 9.17) is 10.7 Å². The number of benzene rings is 2. The Bertz CT molecular complexity index is 1650. The van der Waals surface area contributed by atoms with Crippen LogP contribution in [0.2, 0.25) is 0 Å². The van der Waals surface area contributed by atoms with Gasteiger partial charge in [-0.25, -0.2) is 19.3 Å². The Morgan fingerprint density at radius 2 is 2.00 bits per heavy atom. The van der Waals surface area contributed by atoms with E-state index in [1.165, 1.54) is 6.07 Å². The Balaban J connectivity index is 1.18. The quantitative estimate of drug-likeness (QED) is 0.371. The van der Waals surface area contributed by atoms with Crippen LogP contribution >= 0.6 is 0 Å². The highest BCUT2D eigenvalue weighted by Crippen LogP contribution is 2.63. The number of nitrogens with two attached hydrogens (primary N) is 1. The molecular formula is C26H23F3N8. The minimum atomic E-state index is -2.69. The number of aromatic amines is 1. The molecule has 0 amide bonds. The summed E-state index contributed by atoms with van der Waals surface area (Å²) in [7, 11) is 0. The summed E-state index contributed by atoms with van der Waals surface area (Å²) in [5, 5.41) is 7.32. The van der Waals surface area contributed by atoms with Crippen LogP contribution in [0.3, 0.4) is 0 Å². The zero-order valence-corrected chi connectivity index (χ0v) is 19.7. The molecule has 1 aliphatic heterocycles. The van der Waals surface area contributed by atoms with Gasteiger partial charge in [-0.2, -0.15) is 13.9 Å². The molecule has 5 aromatic rings. The molecule has 2 aliphatic rings. The molecule has 2 fully saturated rings. The lowest BCUT2D eigenvalue weighted by Crippen LogP contribution is -2.32. The van der Waals surface area contributed by atoms with Gasteiger partial charge in [0.25, 0.3) is 0 Å². The number of H-pyrrole nitrogens is 1. The number of hydrogen-bond donors (Lipinski definition) is 2. The van der Waals surface area contributed by atoms with Gasteiger partial charge in [-0.15, -0.1) is 0 Å². The molecule has 11 heteroatoms. The molecule has 2 aromatic carbocycles. The van der Waals surface area contributed by atoms with E-state index in [-0.39, 0.29) is 17.2 Å². The predicted octanol–water partition coefficient (Wildman–Crippen LogP) is 4.26. The maximum Gasteiger partial charge on any atom is 0.320 e. The fourth-order valence-corrected chi connectivity index (χ4v) is 6.31. The lowest BCUT2D eigenvalue weighted by atomic mass is 9.91. The fourth-order valence-electron chi connectivity index (χ4n) is 6.31. The molecule has 0 spiro atoms. The van der Waals surface area contributed by atoms with E-state index in [0.29, 0.717) is 63.8 Å². The molecule has 3 atom stereocenters. The number of nitrogens with zero attached hydrogens (tertiary/aromatic N) is 6. The zero-order chi connectivity index (χ0) is 25.3. The van der Waals surface area contributed by atoms with Crippen molar-refractivity contribution in [1.82, 2.24) is 29.7 Å². The largest absolute Gasteiger partial charge is 0.355 e. The predicted molar refractivity (Wildman–Crippen MR) is 133 cm³/mol. The molecule has 0 bridgehead atoms. The highest BCUT2D eigenvalue weighted by molar-refractivity contribution is 5.91. The third kappa shape index (κ3) is 3.19. The third-order valence-corrected chi connectivity index (χ3v) is 8.18. The number of halogens is 3. The Kier molecular flexibility index (Phi) is 4.81. The molecule has 1 saturated heterocycles. The van der Waals surface area contributed by atoms with Crippen molar-refractivity contribution in [3.63, 3.8) is 0 Å². The number of nitrogens with one attached hydrogen (secondary N) is 1. The van der Waals surface area contributed by atoms with Crippen molar-refractivity contribution < 1.29 is 13.2 Å². The van der Waals surface area contributed by atoms with Gasteiger partial charge in [-0.3, -0.25) is 9.67 Å². The number of imidazole rings is 1. The second kappa shape index (κ2) is 8.01. The van der Waals surface area contributed by atoms with E-state index >= 15 is 0 Å². The van der Waals surface area contributed by atoms with Gasteiger partial charge < -0.3 is 10.6 Å². The van der Waals surface area contributed by atoms with Gasteiger partial charge in [-0.05, 0) is 42.0 Å². The van der Waals surface area contributed by atoms with Crippen molar-refractivity contribution >= 4 is 28.0 Å². The molecule has 3 N–H and O–H groups in total. The van der Waals surface area contributed by atoms with Gasteiger partial charge in [0.1, 0.15) is 29.2 Å². The topological polar surface area (TPSA) is 102 Å². The maximum absolute atomic E-state index is 14.7. The fraction of sp³-hybridized carbons (Fsp3) is 0.308. The number of fused-ring (bicyclic) bond motifs is 3. The van der Waals surface area contributed by atoms with Crippen molar-refractivity contribution in [3.05, 3.63) is 66.4 Å². The number of alkyl halides is 2. The van der Waals surface area contributed by atoms with Crippen LogP contribution < -0.4 is 10.6 Å². The first-order valence-electron chi connectivity index (χ1n) is 12.2. The summed E-state index contributed by atoms with van der Waals surface area (Å²) in [5.41, 5.74) is 9.61. The monoisotopic (exact) mass is 504 g/mol. The third-order valence-electron chi connectivity index (χ3n) is 8.18. The highest BCUT2D eigenvalue weighted by atomic mass is 19.3. The van der Waals surface area contributed by atoms with E-state index in [1.54, 1.807) is 30.5 Å². The lowest BCUT2D eigenvalue weighted by molar-refractivity contribution is 0.0746. The first-order chi connectivity index (χ1) is 18.0. The van der Waals surface area contributed by atoms with Crippen molar-refractivity contribution in [2.45, 2.75) is 18.4 Å². The second-order valence-electron chi connectivity index (χ2n) is 9.80. The number of aromatic nitrogens is 6. The number of rotatable bonds is 5. The second-order valence-corrected chi connectivity index (χ2v) is 9.80. The van der Waals surface area contributed by atoms with E-state index in [1.807, 2.05) is 12.1 Å². The van der Waals surface area contributed by atoms with Crippen LogP contribution in [-0.4, -0.2) is 49.4 Å². The maximum atomic E-state index is 14.7. The molecule has 7 rings (SSSR count). The molecule has 8 nitrogen and oxygen atoms in total. The summed E-state index contributed by atoms with van der Waals surface area (Å²) >= 11 is 0. The molecule has 0 unspecified atom stereocenters. The van der Waals surface area contributed by atoms with Gasteiger partial charge in [0, 0.05) is 30.6 Å². The normalized spacial score (nSPS) is 23.2. The van der Waals surface area contributed by atoms with Crippen molar-refractivity contribution in [1.29, 1.82) is 0 Å². The van der Waals surface area contributed by atoms with E-state index in [0.717, 1.165) is 23.9 Å². The van der Waals surface area contributed by atoms with E-state index in [9.17, 15) is 13.2 Å². The summed E-state index contributed by atoms with van der Waals surface area (Å²) in [6, 6.07) is 12.0. The SMILES string of the molecule is NC[C@]1(c2ccccc2F)[C@@H]2CCN(c3cnc4c(-c5ccc6ncn(C(F)F)c6c5)n[nH]c4n3)C[C@@H]21. The minimum absolute atomic E-state index is 0.199. The molecule has 0 radical (unpaired) electrons. The Labute approximate surface area is 209 Å². The van der Waals surface area contributed by atoms with Gasteiger partial charge in [0.15, 0.2) is 5.65 Å². The molecule has 3 aromatic heterocycles. The lowest BCUT2D eigenvalue weighted by Gasteiger charge is -2.26. The summed E-state index contributed by atoms with van der Waals surface area (Å²) in [6.45, 7) is -0.801. The summed E-state index contributed by atoms with van der Waals surface area (Å²) in [5.74, 6) is 1.09. The van der Waals surface area contributed by atoms with Gasteiger partial charge >= 0.3 is 6.55 Å². The van der Waals surface area contributed by atoms with Gasteiger partial charge in [0.2, 0.25) is 0 Å². The first kappa shape index (κ1) is 22.2. The van der Waals surface area contributed by atoms with Crippen molar-refractivity contribution in [2.24, 2.45) is 17.6 Å². The Hall–Kier alpha value is -3.99. The molecular weight excluding hydrogens is 481 g/mol. The average Bonchev–Trinajstić information content (AvgIpc) is 3.19. The first-order valence-corrected chi connectivity index (χ1v) is 12.2. The zero-order valence-electron chi connectivity index (χ0n) is 19.7. The van der Waals surface area contributed by atoms with Crippen LogP contribution in [0.25, 0.3) is 33.5 Å². The summed E-state index contributed by atoms with van der Waals surface area (Å²) < 4.78 is 42.2. The number of piperidine rings is 1. The Morgan fingerprint density at radius 1 is 1.14 bits per heavy atom. The molecule has 4 heterocycles. The van der Waals surface area contributed by atoms with Crippen LogP contribution in [0.1, 0.15) is 18.5 Å². The smallest absolute Gasteiger partial charge is 0.320 e. The van der Waals surface area contributed by atoms with E-state index in [2.05, 4.69) is 25.1 Å². The van der Waals surface area contributed by atoms with Gasteiger partial charge in [-0.1, -0.05) is 24.3 Å². The molecule has 1 aliphatic carbocycles. The molecule has 37 heavy (non-hydrogen) atoms. The number of anilines is 1. The van der Waals surface area contributed by atoms with Crippen LogP contribution in [0, 0.1) is 17.7 Å². The van der Waals surface area contributed by atoms with Crippen molar-refractivity contribution in [2.75, 3.05) is 24.5 Å². The van der Waals surface area contributed by atoms with Crippen LogP contribution in [0.5, 0.6) is 0 Å². The van der Waals surface area contributed by atoms with Crippen molar-refractivity contribution in [3.8, 4) is 11.3 Å². The standard InChI is InChI=1S/C26H23F3N8/c27-18-4-2-1-3-16(18)26(12-30)15-7-8-36(11-17(15)26)21-10-31-23-22(34-35-24(23)33-21)14-5-6-19-20(9-14)37(13-32-19)25(28)29/h1-6,9-10,13,15,17,25H,7-8,11-12,30H2,(H,33,34,35)/t15-,17+,26-/m1/s1.